The van der Waals surface area contributed by atoms with Crippen LogP contribution in [0.25, 0.3) is 0 Å². The molecule has 2 aliphatic heterocycles. The van der Waals surface area contributed by atoms with Crippen molar-refractivity contribution in [2.24, 2.45) is 10.4 Å². The molecule has 0 aliphatic carbocycles. The first-order valence-electron chi connectivity index (χ1n) is 10.3. The number of carbonyl (C=O) groups is 3. The van der Waals surface area contributed by atoms with Crippen LogP contribution in [0.1, 0.15) is 46.6 Å². The number of hydrogen-bond donors (Lipinski definition) is 3. The number of aliphatic imine (C=N–C) groups is 1. The maximum absolute atomic E-state index is 13.4. The summed E-state index contributed by atoms with van der Waals surface area (Å²) in [6.45, 7) is 8.83. The van der Waals surface area contributed by atoms with Crippen LogP contribution in [0.3, 0.4) is 0 Å². The van der Waals surface area contributed by atoms with Gasteiger partial charge in [-0.3, -0.25) is 14.4 Å². The topological polar surface area (TPSA) is 111 Å². The molecular formula is C22H29BrN4O4. The third-order valence-corrected chi connectivity index (χ3v) is 6.32. The van der Waals surface area contributed by atoms with Crippen molar-refractivity contribution >= 4 is 39.5 Å². The highest BCUT2D eigenvalue weighted by Gasteiger charge is 2.48. The first-order valence-corrected chi connectivity index (χ1v) is 11.0. The van der Waals surface area contributed by atoms with Crippen molar-refractivity contribution in [3.63, 3.8) is 0 Å². The Morgan fingerprint density at radius 1 is 1.32 bits per heavy atom. The molecule has 0 radical (unpaired) electrons. The fraction of sp³-hybridized carbons (Fsp3) is 0.545. The third-order valence-electron chi connectivity index (χ3n) is 5.79. The van der Waals surface area contributed by atoms with E-state index < -0.39 is 29.1 Å². The highest BCUT2D eigenvalue weighted by molar-refractivity contribution is 9.10. The van der Waals surface area contributed by atoms with Crippen LogP contribution in [0.15, 0.2) is 33.7 Å². The Balaban J connectivity index is 1.88. The molecule has 0 aromatic heterocycles. The first-order chi connectivity index (χ1) is 14.3. The SMILES string of the molecule is CC(=O)NC(C(=O)N1C[C@H](O)C[C@@H]1C1=NC(=O)C(C)(c2ccc(Br)cc2)N1)C(C)(C)C. The van der Waals surface area contributed by atoms with E-state index in [1.54, 1.807) is 6.92 Å². The fourth-order valence-electron chi connectivity index (χ4n) is 4.03. The van der Waals surface area contributed by atoms with E-state index in [9.17, 15) is 19.5 Å². The van der Waals surface area contributed by atoms with Gasteiger partial charge in [0.1, 0.15) is 17.4 Å². The number of amides is 3. The quantitative estimate of drug-likeness (QED) is 0.592. The van der Waals surface area contributed by atoms with Crippen molar-refractivity contribution in [2.75, 3.05) is 6.54 Å². The lowest BCUT2D eigenvalue weighted by atomic mass is 9.85. The number of nitrogens with zero attached hydrogens (tertiary/aromatic N) is 2. The molecule has 168 valence electrons. The summed E-state index contributed by atoms with van der Waals surface area (Å²) in [6.07, 6.45) is -0.482. The van der Waals surface area contributed by atoms with Crippen LogP contribution in [-0.2, 0) is 19.9 Å². The molecule has 2 aliphatic rings. The van der Waals surface area contributed by atoms with Gasteiger partial charge in [0.25, 0.3) is 5.91 Å². The zero-order chi connectivity index (χ0) is 23.1. The van der Waals surface area contributed by atoms with Gasteiger partial charge in [0, 0.05) is 24.4 Å². The second kappa shape index (κ2) is 8.35. The molecule has 1 aromatic carbocycles. The summed E-state index contributed by atoms with van der Waals surface area (Å²) in [5, 5.41) is 16.3. The minimum absolute atomic E-state index is 0.111. The zero-order valence-corrected chi connectivity index (χ0v) is 20.0. The van der Waals surface area contributed by atoms with E-state index in [0.717, 1.165) is 10.0 Å². The summed E-state index contributed by atoms with van der Waals surface area (Å²) in [6, 6.07) is 6.03. The van der Waals surface area contributed by atoms with Crippen LogP contribution in [0.2, 0.25) is 0 Å². The number of aliphatic hydroxyl groups is 1. The van der Waals surface area contributed by atoms with Crippen LogP contribution >= 0.6 is 15.9 Å². The van der Waals surface area contributed by atoms with Crippen molar-refractivity contribution in [1.82, 2.24) is 15.5 Å². The van der Waals surface area contributed by atoms with Gasteiger partial charge >= 0.3 is 0 Å². The highest BCUT2D eigenvalue weighted by Crippen LogP contribution is 2.32. The van der Waals surface area contributed by atoms with Gasteiger partial charge in [-0.2, -0.15) is 4.99 Å². The molecule has 2 unspecified atom stereocenters. The number of halogens is 1. The largest absolute Gasteiger partial charge is 0.391 e. The fourth-order valence-corrected chi connectivity index (χ4v) is 4.29. The Labute approximate surface area is 190 Å². The molecule has 9 heteroatoms. The monoisotopic (exact) mass is 492 g/mol. The predicted molar refractivity (Wildman–Crippen MR) is 120 cm³/mol. The van der Waals surface area contributed by atoms with Crippen LogP contribution < -0.4 is 10.6 Å². The predicted octanol–water partition coefficient (Wildman–Crippen LogP) is 1.71. The Bertz CT molecular complexity index is 924. The summed E-state index contributed by atoms with van der Waals surface area (Å²) in [4.78, 5) is 43.7. The summed E-state index contributed by atoms with van der Waals surface area (Å²) in [5.41, 5.74) is -0.839. The number of amidine groups is 1. The lowest BCUT2D eigenvalue weighted by Crippen LogP contribution is -2.58. The summed E-state index contributed by atoms with van der Waals surface area (Å²) < 4.78 is 0.897. The number of carbonyl (C=O) groups excluding carboxylic acids is 3. The number of benzene rings is 1. The average molecular weight is 493 g/mol. The number of aliphatic hydroxyl groups excluding tert-OH is 1. The van der Waals surface area contributed by atoms with E-state index in [-0.39, 0.29) is 30.7 Å². The van der Waals surface area contributed by atoms with Crippen LogP contribution in [0.4, 0.5) is 0 Å². The molecule has 1 aromatic rings. The normalized spacial score (nSPS) is 27.0. The Hall–Kier alpha value is -2.26. The number of β-amino-alcohol motifs (C(OH)–C–C–N with tert-alkyl or cyclic N) is 1. The minimum Gasteiger partial charge on any atom is -0.391 e. The molecule has 2 heterocycles. The molecule has 31 heavy (non-hydrogen) atoms. The van der Waals surface area contributed by atoms with Gasteiger partial charge in [-0.25, -0.2) is 0 Å². The van der Waals surface area contributed by atoms with E-state index in [0.29, 0.717) is 5.84 Å². The number of rotatable bonds is 4. The molecule has 1 saturated heterocycles. The minimum atomic E-state index is -1.06. The Morgan fingerprint density at radius 3 is 2.48 bits per heavy atom. The standard InChI is InChI=1S/C22H29BrN4O4/c1-12(28)24-17(21(2,3)4)19(30)27-11-15(29)10-16(27)18-25-20(31)22(5,26-18)13-6-8-14(23)9-7-13/h6-9,15-17,29H,10-11H2,1-5H3,(H,24,28)(H,25,26,31)/t15-,16-,17?,22?/m1/s1. The van der Waals surface area contributed by atoms with E-state index >= 15 is 0 Å². The third kappa shape index (κ3) is 4.67. The lowest BCUT2D eigenvalue weighted by Gasteiger charge is -2.36. The Morgan fingerprint density at radius 2 is 1.94 bits per heavy atom. The highest BCUT2D eigenvalue weighted by atomic mass is 79.9. The maximum Gasteiger partial charge on any atom is 0.277 e. The van der Waals surface area contributed by atoms with Crippen LogP contribution in [0, 0.1) is 5.41 Å². The first kappa shape index (κ1) is 23.4. The van der Waals surface area contributed by atoms with Crippen molar-refractivity contribution in [1.29, 1.82) is 0 Å². The zero-order valence-electron chi connectivity index (χ0n) is 18.4. The van der Waals surface area contributed by atoms with Gasteiger partial charge in [-0.05, 0) is 30.0 Å². The lowest BCUT2D eigenvalue weighted by molar-refractivity contribution is -0.139. The van der Waals surface area contributed by atoms with E-state index in [2.05, 4.69) is 31.6 Å². The average Bonchev–Trinajstić information content (AvgIpc) is 3.19. The maximum atomic E-state index is 13.4. The molecule has 4 atom stereocenters. The van der Waals surface area contributed by atoms with Crippen molar-refractivity contribution in [3.05, 3.63) is 34.3 Å². The smallest absolute Gasteiger partial charge is 0.277 e. The number of likely N-dealkylation sites (tertiary alicyclic amines) is 1. The van der Waals surface area contributed by atoms with Gasteiger partial charge < -0.3 is 20.6 Å². The van der Waals surface area contributed by atoms with Crippen molar-refractivity contribution in [2.45, 2.75) is 64.8 Å². The second-order valence-electron chi connectivity index (χ2n) is 9.45. The van der Waals surface area contributed by atoms with Crippen LogP contribution in [-0.4, -0.2) is 58.3 Å². The molecule has 1 fully saturated rings. The van der Waals surface area contributed by atoms with Crippen LogP contribution in [0.5, 0.6) is 0 Å². The molecule has 3 N–H and O–H groups in total. The molecular weight excluding hydrogens is 464 g/mol. The molecule has 0 spiro atoms. The molecule has 3 amide bonds. The number of hydrogen-bond acceptors (Lipinski definition) is 5. The summed E-state index contributed by atoms with van der Waals surface area (Å²) >= 11 is 3.39. The van der Waals surface area contributed by atoms with Gasteiger partial charge in [0.15, 0.2) is 0 Å². The van der Waals surface area contributed by atoms with Gasteiger partial charge in [0.05, 0.1) is 12.1 Å². The van der Waals surface area contributed by atoms with Gasteiger partial charge in [-0.15, -0.1) is 0 Å². The van der Waals surface area contributed by atoms with Gasteiger partial charge in [-0.1, -0.05) is 48.8 Å². The Kier molecular flexibility index (Phi) is 6.30. The second-order valence-corrected chi connectivity index (χ2v) is 10.4. The molecule has 0 saturated carbocycles. The van der Waals surface area contributed by atoms with Crippen molar-refractivity contribution in [3.8, 4) is 0 Å². The summed E-state index contributed by atoms with van der Waals surface area (Å²) in [5.74, 6) is -0.610. The van der Waals surface area contributed by atoms with Gasteiger partial charge in [0.2, 0.25) is 11.8 Å². The molecule has 0 bridgehead atoms. The number of nitrogens with one attached hydrogen (secondary N) is 2. The van der Waals surface area contributed by atoms with E-state index in [1.807, 2.05) is 45.0 Å². The molecule has 8 nitrogen and oxygen atoms in total. The van der Waals surface area contributed by atoms with E-state index in [4.69, 9.17) is 0 Å². The van der Waals surface area contributed by atoms with Crippen molar-refractivity contribution < 1.29 is 19.5 Å². The van der Waals surface area contributed by atoms with E-state index in [1.165, 1.54) is 11.8 Å². The molecule has 3 rings (SSSR count). The summed E-state index contributed by atoms with van der Waals surface area (Å²) in [7, 11) is 0.